The average Bonchev–Trinajstić information content (AvgIpc) is 2.86. The molecule has 2 aliphatic rings. The number of nitrogens with zero attached hydrogens (tertiary/aromatic N) is 2. The Morgan fingerprint density at radius 3 is 2.71 bits per heavy atom. The summed E-state index contributed by atoms with van der Waals surface area (Å²) < 4.78 is 34.6. The Kier molecular flexibility index (Phi) is 6.04. The largest absolute Gasteiger partial charge is 0.483 e. The maximum atomic E-state index is 14.0. The van der Waals surface area contributed by atoms with Gasteiger partial charge in [-0.15, -0.1) is 0 Å². The summed E-state index contributed by atoms with van der Waals surface area (Å²) in [6.07, 6.45) is 1.36. The van der Waals surface area contributed by atoms with Crippen molar-refractivity contribution in [3.8, 4) is 5.75 Å². The van der Waals surface area contributed by atoms with Crippen LogP contribution in [0.25, 0.3) is 0 Å². The topological polar surface area (TPSA) is 92.7 Å². The first-order valence-corrected chi connectivity index (χ1v) is 11.1. The molecule has 3 aromatic rings. The molecule has 1 atom stereocenters. The van der Waals surface area contributed by atoms with Gasteiger partial charge in [-0.25, -0.2) is 8.78 Å². The monoisotopic (exact) mass is 480 g/mol. The predicted molar refractivity (Wildman–Crippen MR) is 122 cm³/mol. The summed E-state index contributed by atoms with van der Waals surface area (Å²) >= 11 is 0. The zero-order valence-electron chi connectivity index (χ0n) is 18.6. The Morgan fingerprint density at radius 2 is 1.94 bits per heavy atom. The molecule has 3 heterocycles. The summed E-state index contributed by atoms with van der Waals surface area (Å²) in [5.41, 5.74) is 0.00100. The molecule has 0 radical (unpaired) electrons. The van der Waals surface area contributed by atoms with E-state index in [-0.39, 0.29) is 47.7 Å². The fraction of sp³-hybridized carbons (Fsp3) is 0.240. The maximum absolute atomic E-state index is 14.0. The highest BCUT2D eigenvalue weighted by Gasteiger charge is 2.38. The zero-order valence-corrected chi connectivity index (χ0v) is 18.6. The number of hydrogen-bond acceptors (Lipinski definition) is 5. The van der Waals surface area contributed by atoms with Gasteiger partial charge in [0.05, 0.1) is 12.7 Å². The second-order valence-electron chi connectivity index (χ2n) is 8.44. The van der Waals surface area contributed by atoms with Crippen molar-refractivity contribution < 1.29 is 23.1 Å². The second-order valence-corrected chi connectivity index (χ2v) is 8.44. The quantitative estimate of drug-likeness (QED) is 0.565. The van der Waals surface area contributed by atoms with Gasteiger partial charge in [0.2, 0.25) is 5.43 Å². The number of pyridine rings is 1. The molecule has 2 aromatic carbocycles. The van der Waals surface area contributed by atoms with Crippen LogP contribution in [0.15, 0.2) is 59.5 Å². The number of halogens is 2. The van der Waals surface area contributed by atoms with Gasteiger partial charge in [0.15, 0.2) is 11.4 Å². The van der Waals surface area contributed by atoms with Gasteiger partial charge in [0.1, 0.15) is 23.8 Å². The van der Waals surface area contributed by atoms with Crippen molar-refractivity contribution >= 4 is 11.8 Å². The number of benzene rings is 2. The lowest BCUT2D eigenvalue weighted by molar-refractivity contribution is 0.0569. The van der Waals surface area contributed by atoms with E-state index >= 15 is 0 Å². The summed E-state index contributed by atoms with van der Waals surface area (Å²) in [6.45, 7) is 1.11. The minimum Gasteiger partial charge on any atom is -0.483 e. The van der Waals surface area contributed by atoms with Crippen LogP contribution in [0.4, 0.5) is 8.78 Å². The van der Waals surface area contributed by atoms with Gasteiger partial charge in [-0.1, -0.05) is 36.4 Å². The second kappa shape index (κ2) is 9.30. The van der Waals surface area contributed by atoms with E-state index in [4.69, 9.17) is 4.74 Å². The van der Waals surface area contributed by atoms with Crippen LogP contribution in [-0.4, -0.2) is 41.0 Å². The number of rotatable bonds is 6. The van der Waals surface area contributed by atoms with Crippen LogP contribution < -0.4 is 20.8 Å². The molecular weight excluding hydrogens is 458 g/mol. The van der Waals surface area contributed by atoms with Crippen LogP contribution in [-0.2, 0) is 13.2 Å². The van der Waals surface area contributed by atoms with Crippen molar-refractivity contribution in [1.82, 2.24) is 20.1 Å². The van der Waals surface area contributed by atoms with E-state index in [1.165, 1.54) is 12.3 Å². The lowest BCUT2D eigenvalue weighted by atomic mass is 10.1. The van der Waals surface area contributed by atoms with Crippen molar-refractivity contribution in [2.45, 2.75) is 19.2 Å². The molecule has 1 saturated heterocycles. The van der Waals surface area contributed by atoms with Crippen molar-refractivity contribution in [2.24, 2.45) is 0 Å². The summed E-state index contributed by atoms with van der Waals surface area (Å²) in [4.78, 5) is 41.1. The number of nitrogens with one attached hydrogen (secondary N) is 2. The number of ether oxygens (including phenoxy) is 1. The Bertz CT molecular complexity index is 1360. The molecule has 1 aromatic heterocycles. The first-order chi connectivity index (χ1) is 16.9. The molecule has 5 rings (SSSR count). The average molecular weight is 480 g/mol. The summed E-state index contributed by atoms with van der Waals surface area (Å²) in [7, 11) is 0. The number of carbonyl (C=O) groups is 2. The molecule has 35 heavy (non-hydrogen) atoms. The molecule has 2 amide bonds. The zero-order chi connectivity index (χ0) is 24.5. The van der Waals surface area contributed by atoms with E-state index in [0.29, 0.717) is 19.8 Å². The molecule has 1 unspecified atom stereocenters. The Balaban J connectivity index is 1.50. The third-order valence-electron chi connectivity index (χ3n) is 6.11. The molecule has 8 nitrogen and oxygen atoms in total. The van der Waals surface area contributed by atoms with Gasteiger partial charge in [0, 0.05) is 37.5 Å². The van der Waals surface area contributed by atoms with Gasteiger partial charge in [-0.05, 0) is 11.6 Å². The van der Waals surface area contributed by atoms with Crippen LogP contribution in [0.5, 0.6) is 5.75 Å². The third kappa shape index (κ3) is 4.40. The number of carbonyl (C=O) groups excluding carboxylic acids is 2. The van der Waals surface area contributed by atoms with E-state index in [2.05, 4.69) is 10.6 Å². The lowest BCUT2D eigenvalue weighted by Crippen LogP contribution is -2.55. The predicted octanol–water partition coefficient (Wildman–Crippen LogP) is 2.19. The fourth-order valence-corrected chi connectivity index (χ4v) is 4.31. The van der Waals surface area contributed by atoms with E-state index in [1.807, 2.05) is 30.3 Å². The van der Waals surface area contributed by atoms with Crippen molar-refractivity contribution in [3.63, 3.8) is 0 Å². The smallest absolute Gasteiger partial charge is 0.275 e. The standard InChI is InChI=1S/C25H22F2N4O4/c26-17-7-6-16(20(27)8-17)9-29-24(33)19-12-31-18-10-28-14-30(11-18)25(34)21(31)23(22(19)32)35-13-15-4-2-1-3-5-15/h1-8,12,18,28H,9-11,13-14H2,(H,29,33). The Hall–Kier alpha value is -4.05. The highest BCUT2D eigenvalue weighted by atomic mass is 19.1. The van der Waals surface area contributed by atoms with E-state index < -0.39 is 23.0 Å². The number of amides is 2. The molecule has 0 saturated carbocycles. The van der Waals surface area contributed by atoms with Gasteiger partial charge in [-0.2, -0.15) is 0 Å². The van der Waals surface area contributed by atoms with Crippen LogP contribution in [0.1, 0.15) is 38.0 Å². The molecule has 180 valence electrons. The minimum atomic E-state index is -0.807. The highest BCUT2D eigenvalue weighted by Crippen LogP contribution is 2.29. The van der Waals surface area contributed by atoms with Gasteiger partial charge >= 0.3 is 0 Å². The first-order valence-electron chi connectivity index (χ1n) is 11.1. The fourth-order valence-electron chi connectivity index (χ4n) is 4.31. The summed E-state index contributed by atoms with van der Waals surface area (Å²) in [5.74, 6) is -2.86. The summed E-state index contributed by atoms with van der Waals surface area (Å²) in [5, 5.41) is 5.66. The normalized spacial score (nSPS) is 16.6. The highest BCUT2D eigenvalue weighted by molar-refractivity contribution is 5.99. The van der Waals surface area contributed by atoms with Crippen molar-refractivity contribution in [3.05, 3.63) is 99.0 Å². The molecule has 1 fully saturated rings. The Labute approximate surface area is 199 Å². The third-order valence-corrected chi connectivity index (χ3v) is 6.11. The molecule has 2 aliphatic heterocycles. The maximum Gasteiger partial charge on any atom is 0.275 e. The van der Waals surface area contributed by atoms with Crippen molar-refractivity contribution in [1.29, 1.82) is 0 Å². The Morgan fingerprint density at radius 1 is 1.14 bits per heavy atom. The van der Waals surface area contributed by atoms with E-state index in [9.17, 15) is 23.2 Å². The first kappa shape index (κ1) is 22.7. The van der Waals surface area contributed by atoms with Crippen molar-refractivity contribution in [2.75, 3.05) is 19.8 Å². The number of fused-ring (bicyclic) bond motifs is 4. The van der Waals surface area contributed by atoms with Crippen LogP contribution >= 0.6 is 0 Å². The van der Waals surface area contributed by atoms with Gasteiger partial charge in [-0.3, -0.25) is 19.7 Å². The SMILES string of the molecule is O=C(NCc1ccc(F)cc1F)c1cn2c(c(OCc3ccccc3)c1=O)C(=O)N1CNCC2C1. The summed E-state index contributed by atoms with van der Waals surface area (Å²) in [6, 6.07) is 12.0. The molecule has 2 N–H and O–H groups in total. The van der Waals surface area contributed by atoms with E-state index in [1.54, 1.807) is 9.47 Å². The molecule has 0 aliphatic carbocycles. The van der Waals surface area contributed by atoms with E-state index in [0.717, 1.165) is 17.7 Å². The van der Waals surface area contributed by atoms with Crippen LogP contribution in [0.2, 0.25) is 0 Å². The van der Waals surface area contributed by atoms with Gasteiger partial charge in [0.25, 0.3) is 11.8 Å². The van der Waals surface area contributed by atoms with Gasteiger partial charge < -0.3 is 19.5 Å². The van der Waals surface area contributed by atoms with Crippen LogP contribution in [0, 0.1) is 11.6 Å². The lowest BCUT2D eigenvalue weighted by Gasteiger charge is -2.41. The molecular formula is C25H22F2N4O4. The molecule has 10 heteroatoms. The minimum absolute atomic E-state index is 0.0329. The number of hydrogen-bond donors (Lipinski definition) is 2. The molecule has 0 spiro atoms. The number of aromatic nitrogens is 1. The molecule has 2 bridgehead atoms. The van der Waals surface area contributed by atoms with Crippen LogP contribution in [0.3, 0.4) is 0 Å².